The van der Waals surface area contributed by atoms with Gasteiger partial charge < -0.3 is 4.74 Å². The number of ether oxygens (including phenoxy) is 1. The van der Waals surface area contributed by atoms with E-state index in [0.717, 1.165) is 12.0 Å². The van der Waals surface area contributed by atoms with E-state index in [-0.39, 0.29) is 10.2 Å². The molecule has 0 aromatic heterocycles. The normalized spacial score (nSPS) is 13.5. The van der Waals surface area contributed by atoms with E-state index in [1.54, 1.807) is 6.07 Å². The monoisotopic (exact) mass is 352 g/mol. The van der Waals surface area contributed by atoms with Crippen LogP contribution in [-0.4, -0.2) is 6.61 Å². The number of halogens is 3. The molecule has 0 saturated heterocycles. The highest BCUT2D eigenvalue weighted by molar-refractivity contribution is 9.09. The van der Waals surface area contributed by atoms with E-state index < -0.39 is 0 Å². The molecule has 0 aliphatic carbocycles. The van der Waals surface area contributed by atoms with E-state index in [1.165, 1.54) is 0 Å². The predicted molar refractivity (Wildman–Crippen MR) is 83.4 cm³/mol. The van der Waals surface area contributed by atoms with Gasteiger partial charge in [0.15, 0.2) is 0 Å². The van der Waals surface area contributed by atoms with Crippen molar-refractivity contribution < 1.29 is 4.74 Å². The van der Waals surface area contributed by atoms with Gasteiger partial charge in [-0.2, -0.15) is 0 Å². The molecule has 0 aliphatic heterocycles. The van der Waals surface area contributed by atoms with Crippen molar-refractivity contribution in [2.75, 3.05) is 6.61 Å². The number of alkyl halides is 1. The second-order valence-corrected chi connectivity index (χ2v) is 7.39. The smallest absolute Gasteiger partial charge is 0.139 e. The van der Waals surface area contributed by atoms with Gasteiger partial charge in [0.2, 0.25) is 0 Å². The van der Waals surface area contributed by atoms with Crippen molar-refractivity contribution in [2.45, 2.75) is 38.9 Å². The molecule has 0 aliphatic rings. The van der Waals surface area contributed by atoms with E-state index >= 15 is 0 Å². The Balaban J connectivity index is 3.00. The molecular formula is C14H19BrCl2O. The first-order chi connectivity index (χ1) is 8.24. The fourth-order valence-electron chi connectivity index (χ4n) is 1.70. The molecule has 0 heterocycles. The molecule has 1 nitrogen and oxygen atoms in total. The van der Waals surface area contributed by atoms with Crippen LogP contribution in [0.3, 0.4) is 0 Å². The zero-order chi connectivity index (χ0) is 13.9. The van der Waals surface area contributed by atoms with Gasteiger partial charge in [-0.3, -0.25) is 0 Å². The molecule has 0 bridgehead atoms. The summed E-state index contributed by atoms with van der Waals surface area (Å²) in [4.78, 5) is 0.193. The third-order valence-corrected chi connectivity index (χ3v) is 3.92. The maximum Gasteiger partial charge on any atom is 0.139 e. The van der Waals surface area contributed by atoms with E-state index in [4.69, 9.17) is 27.9 Å². The van der Waals surface area contributed by atoms with Gasteiger partial charge in [0, 0.05) is 15.9 Å². The molecule has 1 aromatic carbocycles. The Kier molecular flexibility index (Phi) is 5.82. The Labute approximate surface area is 128 Å². The molecule has 0 N–H and O–H groups in total. The lowest BCUT2D eigenvalue weighted by atomic mass is 9.88. The standard InChI is InChI=1S/C14H19BrCl2O/c1-5-18-13-7-11(16)9(6-12(13)17)10(15)8-14(2,3)4/h6-7,10H,5,8H2,1-4H3. The van der Waals surface area contributed by atoms with E-state index in [0.29, 0.717) is 22.4 Å². The van der Waals surface area contributed by atoms with E-state index in [1.807, 2.05) is 13.0 Å². The SMILES string of the molecule is CCOc1cc(Cl)c(C(Br)CC(C)(C)C)cc1Cl. The summed E-state index contributed by atoms with van der Waals surface area (Å²) in [7, 11) is 0. The van der Waals surface area contributed by atoms with Crippen LogP contribution in [0, 0.1) is 5.41 Å². The Morgan fingerprint density at radius 1 is 1.22 bits per heavy atom. The van der Waals surface area contributed by atoms with Crippen molar-refractivity contribution in [1.82, 2.24) is 0 Å². The summed E-state index contributed by atoms with van der Waals surface area (Å²) in [6.07, 6.45) is 0.983. The van der Waals surface area contributed by atoms with Gasteiger partial charge in [0.25, 0.3) is 0 Å². The summed E-state index contributed by atoms with van der Waals surface area (Å²) in [5.74, 6) is 0.642. The Hall–Kier alpha value is 0.0800. The van der Waals surface area contributed by atoms with Crippen LogP contribution >= 0.6 is 39.1 Å². The molecule has 1 aromatic rings. The quantitative estimate of drug-likeness (QED) is 0.580. The first-order valence-corrected chi connectivity index (χ1v) is 7.67. The van der Waals surface area contributed by atoms with Gasteiger partial charge in [-0.05, 0) is 30.4 Å². The molecule has 1 atom stereocenters. The minimum Gasteiger partial charge on any atom is -0.492 e. The van der Waals surface area contributed by atoms with Gasteiger partial charge in [-0.25, -0.2) is 0 Å². The fraction of sp³-hybridized carbons (Fsp3) is 0.571. The highest BCUT2D eigenvalue weighted by Gasteiger charge is 2.21. The molecule has 0 spiro atoms. The zero-order valence-corrected chi connectivity index (χ0v) is 14.3. The van der Waals surface area contributed by atoms with Crippen LogP contribution in [0.2, 0.25) is 10.0 Å². The van der Waals surface area contributed by atoms with Crippen LogP contribution < -0.4 is 4.74 Å². The summed E-state index contributed by atoms with van der Waals surface area (Å²) in [5, 5.41) is 1.29. The second kappa shape index (κ2) is 6.49. The van der Waals surface area contributed by atoms with Crippen LogP contribution in [-0.2, 0) is 0 Å². The van der Waals surface area contributed by atoms with Crippen LogP contribution in [0.25, 0.3) is 0 Å². The zero-order valence-electron chi connectivity index (χ0n) is 11.2. The summed E-state index contributed by atoms with van der Waals surface area (Å²) < 4.78 is 5.42. The average Bonchev–Trinajstić information content (AvgIpc) is 2.20. The lowest BCUT2D eigenvalue weighted by Crippen LogP contribution is -2.08. The molecule has 0 radical (unpaired) electrons. The maximum atomic E-state index is 6.29. The molecule has 0 amide bonds. The summed E-state index contributed by atoms with van der Waals surface area (Å²) >= 11 is 16.2. The van der Waals surface area contributed by atoms with Crippen LogP contribution in [0.15, 0.2) is 12.1 Å². The molecule has 1 unspecified atom stereocenters. The van der Waals surface area contributed by atoms with Crippen molar-refractivity contribution in [3.63, 3.8) is 0 Å². The third kappa shape index (κ3) is 4.64. The van der Waals surface area contributed by atoms with Crippen LogP contribution in [0.5, 0.6) is 5.75 Å². The average molecular weight is 354 g/mol. The van der Waals surface area contributed by atoms with E-state index in [2.05, 4.69) is 36.7 Å². The molecule has 1 rings (SSSR count). The molecule has 4 heteroatoms. The highest BCUT2D eigenvalue weighted by Crippen LogP contribution is 2.42. The third-order valence-electron chi connectivity index (χ3n) is 2.48. The van der Waals surface area contributed by atoms with Crippen molar-refractivity contribution in [3.05, 3.63) is 27.7 Å². The van der Waals surface area contributed by atoms with Crippen molar-refractivity contribution in [1.29, 1.82) is 0 Å². The van der Waals surface area contributed by atoms with Crippen molar-refractivity contribution in [2.24, 2.45) is 5.41 Å². The Morgan fingerprint density at radius 2 is 1.83 bits per heavy atom. The second-order valence-electron chi connectivity index (χ2n) is 5.47. The molecule has 0 fully saturated rings. The Bertz CT molecular complexity index is 413. The van der Waals surface area contributed by atoms with E-state index in [9.17, 15) is 0 Å². The molecule has 102 valence electrons. The lowest BCUT2D eigenvalue weighted by molar-refractivity contribution is 0.340. The number of benzene rings is 1. The molecular weight excluding hydrogens is 335 g/mol. The largest absolute Gasteiger partial charge is 0.492 e. The van der Waals surface area contributed by atoms with Gasteiger partial charge in [0.1, 0.15) is 5.75 Å². The molecule has 0 saturated carbocycles. The summed E-state index contributed by atoms with van der Waals surface area (Å²) in [6, 6.07) is 3.68. The van der Waals surface area contributed by atoms with Crippen LogP contribution in [0.4, 0.5) is 0 Å². The topological polar surface area (TPSA) is 9.23 Å². The minimum atomic E-state index is 0.193. The fourth-order valence-corrected chi connectivity index (χ4v) is 3.69. The van der Waals surface area contributed by atoms with Gasteiger partial charge in [-0.1, -0.05) is 59.9 Å². The number of hydrogen-bond donors (Lipinski definition) is 0. The van der Waals surface area contributed by atoms with Crippen molar-refractivity contribution >= 4 is 39.1 Å². The number of rotatable bonds is 4. The minimum absolute atomic E-state index is 0.193. The Morgan fingerprint density at radius 3 is 2.33 bits per heavy atom. The molecule has 18 heavy (non-hydrogen) atoms. The number of hydrogen-bond acceptors (Lipinski definition) is 1. The highest BCUT2D eigenvalue weighted by atomic mass is 79.9. The van der Waals surface area contributed by atoms with Crippen LogP contribution in [0.1, 0.15) is 44.5 Å². The van der Waals surface area contributed by atoms with Gasteiger partial charge in [0.05, 0.1) is 11.6 Å². The summed E-state index contributed by atoms with van der Waals surface area (Å²) in [6.45, 7) is 9.10. The summed E-state index contributed by atoms with van der Waals surface area (Å²) in [5.41, 5.74) is 1.24. The van der Waals surface area contributed by atoms with Gasteiger partial charge >= 0.3 is 0 Å². The van der Waals surface area contributed by atoms with Crippen molar-refractivity contribution in [3.8, 4) is 5.75 Å². The first-order valence-electron chi connectivity index (χ1n) is 6.00. The van der Waals surface area contributed by atoms with Gasteiger partial charge in [-0.15, -0.1) is 0 Å². The maximum absolute atomic E-state index is 6.29. The lowest BCUT2D eigenvalue weighted by Gasteiger charge is -2.23. The first kappa shape index (κ1) is 16.1. The predicted octanol–water partition coefficient (Wildman–Crippen LogP) is 6.26.